The molecule has 0 amide bonds. The predicted molar refractivity (Wildman–Crippen MR) is 80.4 cm³/mol. The molecule has 0 aliphatic heterocycles. The lowest BCUT2D eigenvalue weighted by Crippen LogP contribution is -2.20. The van der Waals surface area contributed by atoms with Crippen molar-refractivity contribution in [1.82, 2.24) is 0 Å². The van der Waals surface area contributed by atoms with Gasteiger partial charge in [-0.15, -0.1) is 12.4 Å². The standard InChI is InChI=1S/C15H18N2O.ClH/c16-10-15(17)13-6-8-14(9-7-13)18-11-12-4-2-1-3-5-12;/h1-9,15H,10-11,16-17H2;1H/t15-;/m0./s1. The Hall–Kier alpha value is -1.55. The SMILES string of the molecule is Cl.NC[C@H](N)c1ccc(OCc2ccccc2)cc1. The molecule has 0 spiro atoms. The summed E-state index contributed by atoms with van der Waals surface area (Å²) < 4.78 is 5.69. The molecule has 0 aliphatic rings. The summed E-state index contributed by atoms with van der Waals surface area (Å²) in [5.74, 6) is 0.840. The van der Waals surface area contributed by atoms with Crippen molar-refractivity contribution < 1.29 is 4.74 Å². The van der Waals surface area contributed by atoms with Crippen LogP contribution in [0.15, 0.2) is 54.6 Å². The molecule has 2 rings (SSSR count). The summed E-state index contributed by atoms with van der Waals surface area (Å²) >= 11 is 0. The average molecular weight is 279 g/mol. The highest BCUT2D eigenvalue weighted by molar-refractivity contribution is 5.85. The van der Waals surface area contributed by atoms with Gasteiger partial charge in [-0.1, -0.05) is 42.5 Å². The Bertz CT molecular complexity index is 473. The number of ether oxygens (including phenoxy) is 1. The smallest absolute Gasteiger partial charge is 0.119 e. The molecule has 1 atom stereocenters. The maximum Gasteiger partial charge on any atom is 0.119 e. The summed E-state index contributed by atoms with van der Waals surface area (Å²) in [7, 11) is 0. The first-order valence-corrected chi connectivity index (χ1v) is 6.02. The number of rotatable bonds is 5. The van der Waals surface area contributed by atoms with Crippen LogP contribution in [0.5, 0.6) is 5.75 Å². The van der Waals surface area contributed by atoms with Crippen molar-refractivity contribution in [2.24, 2.45) is 11.5 Å². The Morgan fingerprint density at radius 3 is 2.16 bits per heavy atom. The van der Waals surface area contributed by atoms with Gasteiger partial charge in [0.25, 0.3) is 0 Å². The molecule has 102 valence electrons. The van der Waals surface area contributed by atoms with Crippen molar-refractivity contribution in [3.8, 4) is 5.75 Å². The molecule has 0 unspecified atom stereocenters. The molecule has 0 heterocycles. The second kappa shape index (κ2) is 7.79. The van der Waals surface area contributed by atoms with Gasteiger partial charge in [-0.2, -0.15) is 0 Å². The Balaban J connectivity index is 0.00000180. The van der Waals surface area contributed by atoms with Crippen molar-refractivity contribution in [3.05, 3.63) is 65.7 Å². The molecule has 0 fully saturated rings. The van der Waals surface area contributed by atoms with Gasteiger partial charge >= 0.3 is 0 Å². The lowest BCUT2D eigenvalue weighted by Gasteiger charge is -2.10. The van der Waals surface area contributed by atoms with E-state index in [1.165, 1.54) is 0 Å². The van der Waals surface area contributed by atoms with Gasteiger partial charge in [0.05, 0.1) is 0 Å². The molecule has 4 heteroatoms. The third kappa shape index (κ3) is 4.56. The van der Waals surface area contributed by atoms with E-state index in [9.17, 15) is 0 Å². The van der Waals surface area contributed by atoms with E-state index in [0.717, 1.165) is 16.9 Å². The fourth-order valence-electron chi connectivity index (χ4n) is 1.69. The molecule has 0 radical (unpaired) electrons. The topological polar surface area (TPSA) is 61.3 Å². The first-order valence-electron chi connectivity index (χ1n) is 6.02. The number of nitrogens with two attached hydrogens (primary N) is 2. The van der Waals surface area contributed by atoms with Crippen molar-refractivity contribution in [1.29, 1.82) is 0 Å². The fraction of sp³-hybridized carbons (Fsp3) is 0.200. The molecule has 0 saturated carbocycles. The molecule has 2 aromatic carbocycles. The Morgan fingerprint density at radius 1 is 0.947 bits per heavy atom. The number of hydrogen-bond acceptors (Lipinski definition) is 3. The minimum Gasteiger partial charge on any atom is -0.489 e. The van der Waals surface area contributed by atoms with Crippen LogP contribution >= 0.6 is 12.4 Å². The number of halogens is 1. The van der Waals surface area contributed by atoms with Crippen LogP contribution in [0.4, 0.5) is 0 Å². The third-order valence-corrected chi connectivity index (χ3v) is 2.81. The van der Waals surface area contributed by atoms with Crippen molar-refractivity contribution in [3.63, 3.8) is 0 Å². The Kier molecular flexibility index (Phi) is 6.36. The quantitative estimate of drug-likeness (QED) is 0.884. The maximum atomic E-state index is 5.84. The second-order valence-corrected chi connectivity index (χ2v) is 4.19. The summed E-state index contributed by atoms with van der Waals surface area (Å²) in [5, 5.41) is 0. The average Bonchev–Trinajstić information content (AvgIpc) is 2.46. The second-order valence-electron chi connectivity index (χ2n) is 4.19. The van der Waals surface area contributed by atoms with E-state index in [2.05, 4.69) is 0 Å². The maximum absolute atomic E-state index is 5.84. The summed E-state index contributed by atoms with van der Waals surface area (Å²) in [5.41, 5.74) is 13.5. The molecule has 0 bridgehead atoms. The lowest BCUT2D eigenvalue weighted by molar-refractivity contribution is 0.306. The van der Waals surface area contributed by atoms with Gasteiger partial charge in [0, 0.05) is 12.6 Å². The first kappa shape index (κ1) is 15.5. The predicted octanol–water partition coefficient (Wildman–Crippen LogP) is 2.65. The van der Waals surface area contributed by atoms with Crippen LogP contribution in [-0.2, 0) is 6.61 Å². The highest BCUT2D eigenvalue weighted by Gasteiger charge is 2.03. The van der Waals surface area contributed by atoms with Crippen LogP contribution in [0.3, 0.4) is 0 Å². The first-order chi connectivity index (χ1) is 8.79. The van der Waals surface area contributed by atoms with Crippen LogP contribution in [-0.4, -0.2) is 6.54 Å². The van der Waals surface area contributed by atoms with Crippen LogP contribution in [0.1, 0.15) is 17.2 Å². The molecule has 3 nitrogen and oxygen atoms in total. The van der Waals surface area contributed by atoms with E-state index in [4.69, 9.17) is 16.2 Å². The van der Waals surface area contributed by atoms with Gasteiger partial charge in [0.15, 0.2) is 0 Å². The molecule has 4 N–H and O–H groups in total. The van der Waals surface area contributed by atoms with E-state index >= 15 is 0 Å². The molecule has 0 aromatic heterocycles. The molecular weight excluding hydrogens is 260 g/mol. The van der Waals surface area contributed by atoms with Gasteiger partial charge in [-0.3, -0.25) is 0 Å². The monoisotopic (exact) mass is 278 g/mol. The van der Waals surface area contributed by atoms with Gasteiger partial charge in [0.2, 0.25) is 0 Å². The Labute approximate surface area is 120 Å². The van der Waals surface area contributed by atoms with E-state index in [0.29, 0.717) is 13.2 Å². The van der Waals surface area contributed by atoms with Gasteiger partial charge in [-0.05, 0) is 23.3 Å². The summed E-state index contributed by atoms with van der Waals surface area (Å²) in [6.07, 6.45) is 0. The normalized spacial score (nSPS) is 11.5. The summed E-state index contributed by atoms with van der Waals surface area (Å²) in [6, 6.07) is 17.7. The van der Waals surface area contributed by atoms with Crippen molar-refractivity contribution >= 4 is 12.4 Å². The van der Waals surface area contributed by atoms with E-state index < -0.39 is 0 Å². The van der Waals surface area contributed by atoms with Crippen molar-refractivity contribution in [2.75, 3.05) is 6.54 Å². The van der Waals surface area contributed by atoms with Gasteiger partial charge < -0.3 is 16.2 Å². The van der Waals surface area contributed by atoms with Crippen LogP contribution < -0.4 is 16.2 Å². The number of benzene rings is 2. The lowest BCUT2D eigenvalue weighted by atomic mass is 10.1. The van der Waals surface area contributed by atoms with Crippen molar-refractivity contribution in [2.45, 2.75) is 12.6 Å². The molecular formula is C15H19ClN2O. The number of hydrogen-bond donors (Lipinski definition) is 2. The van der Waals surface area contributed by atoms with Gasteiger partial charge in [-0.25, -0.2) is 0 Å². The zero-order valence-electron chi connectivity index (χ0n) is 10.7. The fourth-order valence-corrected chi connectivity index (χ4v) is 1.69. The summed E-state index contributed by atoms with van der Waals surface area (Å²) in [6.45, 7) is 1.02. The minimum atomic E-state index is -0.104. The molecule has 19 heavy (non-hydrogen) atoms. The zero-order valence-corrected chi connectivity index (χ0v) is 11.5. The highest BCUT2D eigenvalue weighted by Crippen LogP contribution is 2.17. The molecule has 0 saturated heterocycles. The van der Waals surface area contributed by atoms with Gasteiger partial charge in [0.1, 0.15) is 12.4 Å². The van der Waals surface area contributed by atoms with Crippen LogP contribution in [0.25, 0.3) is 0 Å². The zero-order chi connectivity index (χ0) is 12.8. The van der Waals surface area contributed by atoms with E-state index in [1.54, 1.807) is 0 Å². The molecule has 2 aromatic rings. The summed E-state index contributed by atoms with van der Waals surface area (Å²) in [4.78, 5) is 0. The largest absolute Gasteiger partial charge is 0.489 e. The Morgan fingerprint density at radius 2 is 1.58 bits per heavy atom. The van der Waals surface area contributed by atoms with E-state index in [-0.39, 0.29) is 18.4 Å². The third-order valence-electron chi connectivity index (χ3n) is 2.81. The van der Waals surface area contributed by atoms with Crippen LogP contribution in [0, 0.1) is 0 Å². The van der Waals surface area contributed by atoms with Crippen LogP contribution in [0.2, 0.25) is 0 Å². The van der Waals surface area contributed by atoms with E-state index in [1.807, 2.05) is 54.6 Å². The highest BCUT2D eigenvalue weighted by atomic mass is 35.5. The molecule has 0 aliphatic carbocycles. The minimum absolute atomic E-state index is 0.